The highest BCUT2D eigenvalue weighted by atomic mass is 32.2. The third kappa shape index (κ3) is 4.62. The van der Waals surface area contributed by atoms with Crippen molar-refractivity contribution in [3.63, 3.8) is 0 Å². The molecule has 0 fully saturated rings. The van der Waals surface area contributed by atoms with E-state index in [-0.39, 0.29) is 5.75 Å². The summed E-state index contributed by atoms with van der Waals surface area (Å²) in [6, 6.07) is 7.04. The zero-order chi connectivity index (χ0) is 15.3. The standard InChI is InChI=1S/C13H19N5O2S/c1-10(13-15-9-16-17-13)18-21(19,20)8-12-5-3-11(4-6-12)7-14-2/h3-6,9-10,14,18H,7-8H2,1-2H3,(H,15,16,17). The zero-order valence-corrected chi connectivity index (χ0v) is 12.8. The molecule has 0 radical (unpaired) electrons. The minimum absolute atomic E-state index is 0.0642. The van der Waals surface area contributed by atoms with E-state index in [1.54, 1.807) is 6.92 Å². The van der Waals surface area contributed by atoms with Crippen molar-refractivity contribution >= 4 is 10.0 Å². The van der Waals surface area contributed by atoms with Gasteiger partial charge in [0.05, 0.1) is 11.8 Å². The third-order valence-electron chi connectivity index (χ3n) is 2.96. The van der Waals surface area contributed by atoms with Crippen LogP contribution in [0.15, 0.2) is 30.6 Å². The van der Waals surface area contributed by atoms with Crippen LogP contribution >= 0.6 is 0 Å². The zero-order valence-electron chi connectivity index (χ0n) is 12.0. The summed E-state index contributed by atoms with van der Waals surface area (Å²) in [4.78, 5) is 3.94. The SMILES string of the molecule is CNCc1ccc(CS(=O)(=O)NC(C)c2ncn[nH]2)cc1. The van der Waals surface area contributed by atoms with Gasteiger partial charge in [-0.05, 0) is 25.1 Å². The Hall–Kier alpha value is -1.77. The molecule has 1 atom stereocenters. The quantitative estimate of drug-likeness (QED) is 0.699. The predicted octanol–water partition coefficient (Wildman–Crippen LogP) is 0.705. The second-order valence-corrected chi connectivity index (χ2v) is 6.57. The molecule has 0 amide bonds. The van der Waals surface area contributed by atoms with Crippen LogP contribution in [0.5, 0.6) is 0 Å². The number of benzene rings is 1. The van der Waals surface area contributed by atoms with Gasteiger partial charge in [-0.3, -0.25) is 5.10 Å². The minimum atomic E-state index is -3.44. The summed E-state index contributed by atoms with van der Waals surface area (Å²) in [5.41, 5.74) is 1.86. The van der Waals surface area contributed by atoms with Crippen molar-refractivity contribution < 1.29 is 8.42 Å². The lowest BCUT2D eigenvalue weighted by atomic mass is 10.1. The number of aromatic amines is 1. The largest absolute Gasteiger partial charge is 0.316 e. The summed E-state index contributed by atoms with van der Waals surface area (Å²) in [6.45, 7) is 2.47. The lowest BCUT2D eigenvalue weighted by Crippen LogP contribution is -2.28. The van der Waals surface area contributed by atoms with Crippen molar-refractivity contribution in [2.45, 2.75) is 25.3 Å². The number of H-pyrrole nitrogens is 1. The Labute approximate surface area is 124 Å². The average molecular weight is 309 g/mol. The first-order valence-corrected chi connectivity index (χ1v) is 8.23. The maximum Gasteiger partial charge on any atom is 0.216 e. The van der Waals surface area contributed by atoms with Gasteiger partial charge in [-0.1, -0.05) is 24.3 Å². The summed E-state index contributed by atoms with van der Waals surface area (Å²) < 4.78 is 26.8. The van der Waals surface area contributed by atoms with Gasteiger partial charge in [0.1, 0.15) is 12.2 Å². The second kappa shape index (κ2) is 6.79. The predicted molar refractivity (Wildman–Crippen MR) is 79.8 cm³/mol. The summed E-state index contributed by atoms with van der Waals surface area (Å²) in [5.74, 6) is 0.425. The number of nitrogens with zero attached hydrogens (tertiary/aromatic N) is 2. The number of hydrogen-bond acceptors (Lipinski definition) is 5. The molecule has 21 heavy (non-hydrogen) atoms. The molecule has 0 aliphatic carbocycles. The lowest BCUT2D eigenvalue weighted by Gasteiger charge is -2.12. The van der Waals surface area contributed by atoms with E-state index in [0.717, 1.165) is 17.7 Å². The van der Waals surface area contributed by atoms with E-state index < -0.39 is 16.1 Å². The van der Waals surface area contributed by atoms with E-state index in [9.17, 15) is 8.42 Å². The van der Waals surface area contributed by atoms with Crippen LogP contribution in [0.3, 0.4) is 0 Å². The number of sulfonamides is 1. The molecule has 1 unspecified atom stereocenters. The highest BCUT2D eigenvalue weighted by molar-refractivity contribution is 7.88. The molecule has 7 nitrogen and oxygen atoms in total. The number of nitrogens with one attached hydrogen (secondary N) is 3. The van der Waals surface area contributed by atoms with Gasteiger partial charge in [-0.25, -0.2) is 18.1 Å². The highest BCUT2D eigenvalue weighted by Gasteiger charge is 2.18. The normalized spacial score (nSPS) is 13.2. The fourth-order valence-electron chi connectivity index (χ4n) is 1.97. The van der Waals surface area contributed by atoms with E-state index in [1.807, 2.05) is 31.3 Å². The summed E-state index contributed by atoms with van der Waals surface area (Å²) in [5, 5.41) is 9.40. The Morgan fingerprint density at radius 3 is 2.48 bits per heavy atom. The molecule has 3 N–H and O–H groups in total. The molecule has 1 aromatic carbocycles. The Bertz CT molecular complexity index is 652. The van der Waals surface area contributed by atoms with E-state index in [1.165, 1.54) is 6.33 Å². The van der Waals surface area contributed by atoms with Crippen molar-refractivity contribution in [2.75, 3.05) is 7.05 Å². The molecular weight excluding hydrogens is 290 g/mol. The molecule has 114 valence electrons. The molecule has 0 aliphatic rings. The second-order valence-electron chi connectivity index (χ2n) is 4.82. The molecule has 8 heteroatoms. The van der Waals surface area contributed by atoms with Gasteiger partial charge in [-0.2, -0.15) is 5.10 Å². The molecule has 0 spiro atoms. The smallest absolute Gasteiger partial charge is 0.216 e. The van der Waals surface area contributed by atoms with Crippen molar-refractivity contribution in [1.29, 1.82) is 0 Å². The maximum atomic E-state index is 12.1. The first-order chi connectivity index (χ1) is 10.00. The Balaban J connectivity index is 2.00. The minimum Gasteiger partial charge on any atom is -0.316 e. The molecule has 2 aromatic rings. The van der Waals surface area contributed by atoms with Crippen molar-refractivity contribution in [3.05, 3.63) is 47.5 Å². The van der Waals surface area contributed by atoms with E-state index in [0.29, 0.717) is 5.82 Å². The summed E-state index contributed by atoms with van der Waals surface area (Å²) >= 11 is 0. The van der Waals surface area contributed by atoms with Crippen LogP contribution < -0.4 is 10.0 Å². The molecular formula is C13H19N5O2S. The van der Waals surface area contributed by atoms with Crippen LogP contribution in [0, 0.1) is 0 Å². The fourth-order valence-corrected chi connectivity index (χ4v) is 3.33. The highest BCUT2D eigenvalue weighted by Crippen LogP contribution is 2.11. The number of aromatic nitrogens is 3. The fraction of sp³-hybridized carbons (Fsp3) is 0.385. The third-order valence-corrected chi connectivity index (χ3v) is 4.39. The summed E-state index contributed by atoms with van der Waals surface area (Å²) in [6.07, 6.45) is 1.35. The molecule has 0 aliphatic heterocycles. The van der Waals surface area contributed by atoms with Crippen LogP contribution in [-0.4, -0.2) is 30.6 Å². The van der Waals surface area contributed by atoms with Gasteiger partial charge >= 0.3 is 0 Å². The van der Waals surface area contributed by atoms with Crippen molar-refractivity contribution in [2.24, 2.45) is 0 Å². The Morgan fingerprint density at radius 1 is 1.24 bits per heavy atom. The van der Waals surface area contributed by atoms with Gasteiger partial charge in [0.15, 0.2) is 0 Å². The first kappa shape index (κ1) is 15.6. The molecule has 2 rings (SSSR count). The van der Waals surface area contributed by atoms with Gasteiger partial charge in [-0.15, -0.1) is 0 Å². The van der Waals surface area contributed by atoms with Crippen LogP contribution in [-0.2, 0) is 22.3 Å². The van der Waals surface area contributed by atoms with Crippen LogP contribution in [0.4, 0.5) is 0 Å². The van der Waals surface area contributed by atoms with Crippen molar-refractivity contribution in [1.82, 2.24) is 25.2 Å². The monoisotopic (exact) mass is 309 g/mol. The molecule has 0 bridgehead atoms. The van der Waals surface area contributed by atoms with Crippen molar-refractivity contribution in [3.8, 4) is 0 Å². The van der Waals surface area contributed by atoms with Crippen LogP contribution in [0.1, 0.15) is 29.9 Å². The van der Waals surface area contributed by atoms with E-state index in [2.05, 4.69) is 25.2 Å². The first-order valence-electron chi connectivity index (χ1n) is 6.58. The number of rotatable bonds is 7. The van der Waals surface area contributed by atoms with Gasteiger partial charge < -0.3 is 5.32 Å². The molecule has 0 saturated heterocycles. The Morgan fingerprint density at radius 2 is 1.90 bits per heavy atom. The average Bonchev–Trinajstić information content (AvgIpc) is 2.94. The summed E-state index contributed by atoms with van der Waals surface area (Å²) in [7, 11) is -1.57. The lowest BCUT2D eigenvalue weighted by molar-refractivity contribution is 0.559. The topological polar surface area (TPSA) is 99.8 Å². The number of hydrogen-bond donors (Lipinski definition) is 3. The van der Waals surface area contributed by atoms with E-state index >= 15 is 0 Å². The Kier molecular flexibility index (Phi) is 5.05. The van der Waals surface area contributed by atoms with Gasteiger partial charge in [0, 0.05) is 6.54 Å². The van der Waals surface area contributed by atoms with Crippen LogP contribution in [0.25, 0.3) is 0 Å². The van der Waals surface area contributed by atoms with Crippen LogP contribution in [0.2, 0.25) is 0 Å². The van der Waals surface area contributed by atoms with Gasteiger partial charge in [0.25, 0.3) is 0 Å². The molecule has 1 aromatic heterocycles. The van der Waals surface area contributed by atoms with E-state index in [4.69, 9.17) is 0 Å². The molecule has 1 heterocycles. The molecule has 0 saturated carbocycles. The maximum absolute atomic E-state index is 12.1. The van der Waals surface area contributed by atoms with Gasteiger partial charge in [0.2, 0.25) is 10.0 Å².